The molecule has 2 heterocycles. The van der Waals surface area contributed by atoms with Gasteiger partial charge in [0.1, 0.15) is 11.9 Å². The largest absolute Gasteiger partial charge is 0.340 e. The van der Waals surface area contributed by atoms with Crippen LogP contribution in [-0.2, 0) is 0 Å². The van der Waals surface area contributed by atoms with Crippen LogP contribution in [0.4, 0.5) is 0 Å². The Labute approximate surface area is 150 Å². The van der Waals surface area contributed by atoms with Gasteiger partial charge in [-0.1, -0.05) is 44.2 Å². The maximum absolute atomic E-state index is 12.3. The first-order valence-electron chi connectivity index (χ1n) is 8.72. The number of fused-ring (bicyclic) bond motifs is 2. The lowest BCUT2D eigenvalue weighted by Gasteiger charge is -2.13. The number of aromatic amines is 2. The summed E-state index contributed by atoms with van der Waals surface area (Å²) in [4.78, 5) is 27.9. The van der Waals surface area contributed by atoms with E-state index < -0.39 is 0 Å². The van der Waals surface area contributed by atoms with Crippen LogP contribution < -0.4 is 5.56 Å². The van der Waals surface area contributed by atoms with Crippen molar-refractivity contribution in [3.05, 3.63) is 76.3 Å². The molecule has 0 amide bonds. The van der Waals surface area contributed by atoms with Crippen LogP contribution in [0.5, 0.6) is 0 Å². The highest BCUT2D eigenvalue weighted by Crippen LogP contribution is 2.25. The molecule has 4 rings (SSSR count). The topological polar surface area (TPSA) is 73.9 Å². The molecule has 0 saturated carbocycles. The predicted molar refractivity (Wildman–Crippen MR) is 106 cm³/mol. The number of benzene rings is 2. The van der Waals surface area contributed by atoms with Gasteiger partial charge in [-0.2, -0.15) is 0 Å². The summed E-state index contributed by atoms with van der Waals surface area (Å²) in [6.07, 6.45) is 1.66. The Morgan fingerprint density at radius 2 is 1.73 bits per heavy atom. The van der Waals surface area contributed by atoms with Crippen molar-refractivity contribution in [1.82, 2.24) is 15.0 Å². The predicted octanol–water partition coefficient (Wildman–Crippen LogP) is 4.22. The third kappa shape index (κ3) is 3.04. The molecule has 0 radical (unpaired) electrons. The van der Waals surface area contributed by atoms with Gasteiger partial charge in [0.05, 0.1) is 16.6 Å². The molecule has 1 atom stereocenters. The van der Waals surface area contributed by atoms with E-state index in [4.69, 9.17) is 0 Å². The molecule has 2 aromatic carbocycles. The van der Waals surface area contributed by atoms with Gasteiger partial charge >= 0.3 is 0 Å². The summed E-state index contributed by atoms with van der Waals surface area (Å²) in [7, 11) is 0. The summed E-state index contributed by atoms with van der Waals surface area (Å²) in [5, 5.41) is 0.985. The van der Waals surface area contributed by atoms with Gasteiger partial charge in [0.2, 0.25) is 0 Å². The lowest BCUT2D eigenvalue weighted by Crippen LogP contribution is -2.13. The van der Waals surface area contributed by atoms with Crippen molar-refractivity contribution in [3.8, 4) is 0 Å². The van der Waals surface area contributed by atoms with Gasteiger partial charge in [-0.05, 0) is 35.6 Å². The smallest absolute Gasteiger partial charge is 0.257 e. The molecule has 5 nitrogen and oxygen atoms in total. The number of aromatic nitrogens is 3. The van der Waals surface area contributed by atoms with Crippen LogP contribution in [0.3, 0.4) is 0 Å². The first kappa shape index (κ1) is 16.3. The van der Waals surface area contributed by atoms with E-state index in [-0.39, 0.29) is 17.5 Å². The molecular weight excluding hydrogens is 324 g/mol. The second kappa shape index (κ2) is 6.59. The molecule has 0 aliphatic carbocycles. The van der Waals surface area contributed by atoms with Crippen molar-refractivity contribution < 1.29 is 0 Å². The van der Waals surface area contributed by atoms with Crippen LogP contribution in [-0.4, -0.2) is 21.2 Å². The highest BCUT2D eigenvalue weighted by atomic mass is 16.1. The third-order valence-electron chi connectivity index (χ3n) is 4.48. The molecule has 0 spiro atoms. The highest BCUT2D eigenvalue weighted by molar-refractivity contribution is 5.87. The van der Waals surface area contributed by atoms with Crippen molar-refractivity contribution in [1.29, 1.82) is 0 Å². The van der Waals surface area contributed by atoms with Gasteiger partial charge in [0.15, 0.2) is 0 Å². The van der Waals surface area contributed by atoms with Crippen molar-refractivity contribution in [3.63, 3.8) is 0 Å². The standard InChI is InChI=1S/C21H20N4O/c1-13(2)19(20-23-17-9-5-6-10-18(17)24-20)22-12-15-11-14-7-3-4-8-16(14)25-21(15)26/h3-13,19H,1-2H3,(H,23,24)(H,25,26). The lowest BCUT2D eigenvalue weighted by atomic mass is 10.0. The van der Waals surface area contributed by atoms with Crippen LogP contribution in [0.2, 0.25) is 0 Å². The van der Waals surface area contributed by atoms with Gasteiger partial charge in [0, 0.05) is 11.7 Å². The second-order valence-electron chi connectivity index (χ2n) is 6.75. The molecule has 130 valence electrons. The molecule has 0 fully saturated rings. The number of aliphatic imine (C=N–C) groups is 1. The Morgan fingerprint density at radius 3 is 2.50 bits per heavy atom. The maximum atomic E-state index is 12.3. The van der Waals surface area contributed by atoms with Crippen molar-refractivity contribution in [2.45, 2.75) is 19.9 Å². The fourth-order valence-corrected chi connectivity index (χ4v) is 3.09. The number of imidazole rings is 1. The van der Waals surface area contributed by atoms with Gasteiger partial charge in [-0.25, -0.2) is 4.98 Å². The Hall–Kier alpha value is -3.21. The van der Waals surface area contributed by atoms with E-state index in [1.54, 1.807) is 6.21 Å². The minimum absolute atomic E-state index is 0.139. The minimum Gasteiger partial charge on any atom is -0.340 e. The summed E-state index contributed by atoms with van der Waals surface area (Å²) in [6.45, 7) is 4.19. The van der Waals surface area contributed by atoms with Crippen molar-refractivity contribution >= 4 is 28.2 Å². The summed E-state index contributed by atoms with van der Waals surface area (Å²) in [5.74, 6) is 1.06. The molecular formula is C21H20N4O. The molecule has 4 aromatic rings. The average Bonchev–Trinajstić information content (AvgIpc) is 3.05. The van der Waals surface area contributed by atoms with E-state index in [0.717, 1.165) is 27.8 Å². The molecule has 0 bridgehead atoms. The number of pyridine rings is 1. The number of hydrogen-bond donors (Lipinski definition) is 2. The van der Waals surface area contributed by atoms with E-state index >= 15 is 0 Å². The van der Waals surface area contributed by atoms with E-state index in [9.17, 15) is 4.79 Å². The van der Waals surface area contributed by atoms with Crippen LogP contribution in [0, 0.1) is 5.92 Å². The lowest BCUT2D eigenvalue weighted by molar-refractivity contribution is 0.499. The zero-order valence-electron chi connectivity index (χ0n) is 14.7. The van der Waals surface area contributed by atoms with Gasteiger partial charge in [-0.3, -0.25) is 9.79 Å². The first-order valence-corrected chi connectivity index (χ1v) is 8.72. The quantitative estimate of drug-likeness (QED) is 0.544. The second-order valence-corrected chi connectivity index (χ2v) is 6.75. The SMILES string of the molecule is CC(C)C(N=Cc1cc2ccccc2[nH]c1=O)c1nc2ccccc2[nH]1. The van der Waals surface area contributed by atoms with Crippen LogP contribution in [0.15, 0.2) is 64.4 Å². The van der Waals surface area contributed by atoms with Crippen molar-refractivity contribution in [2.24, 2.45) is 10.9 Å². The van der Waals surface area contributed by atoms with Gasteiger partial charge in [-0.15, -0.1) is 0 Å². The molecule has 1 unspecified atom stereocenters. The Bertz CT molecular complexity index is 1120. The Balaban J connectivity index is 1.72. The fourth-order valence-electron chi connectivity index (χ4n) is 3.09. The number of nitrogens with one attached hydrogen (secondary N) is 2. The molecule has 0 aliphatic rings. The van der Waals surface area contributed by atoms with Crippen LogP contribution in [0.1, 0.15) is 31.3 Å². The number of hydrogen-bond acceptors (Lipinski definition) is 3. The summed E-state index contributed by atoms with van der Waals surface area (Å²) in [6, 6.07) is 17.4. The molecule has 0 aliphatic heterocycles. The summed E-state index contributed by atoms with van der Waals surface area (Å²) >= 11 is 0. The molecule has 2 aromatic heterocycles. The normalized spacial score (nSPS) is 13.2. The number of nitrogens with zero attached hydrogens (tertiary/aromatic N) is 2. The van der Waals surface area contributed by atoms with Crippen molar-refractivity contribution in [2.75, 3.05) is 0 Å². The fraction of sp³-hybridized carbons (Fsp3) is 0.190. The summed E-state index contributed by atoms with van der Waals surface area (Å²) in [5.41, 5.74) is 3.15. The Kier molecular flexibility index (Phi) is 4.13. The van der Waals surface area contributed by atoms with E-state index in [1.807, 2.05) is 54.6 Å². The molecule has 0 saturated heterocycles. The minimum atomic E-state index is -0.145. The molecule has 5 heteroatoms. The van der Waals surface area contributed by atoms with Crippen LogP contribution in [0.25, 0.3) is 21.9 Å². The zero-order chi connectivity index (χ0) is 18.1. The van der Waals surface area contributed by atoms with E-state index in [0.29, 0.717) is 5.56 Å². The highest BCUT2D eigenvalue weighted by Gasteiger charge is 2.18. The summed E-state index contributed by atoms with van der Waals surface area (Å²) < 4.78 is 0. The molecule has 2 N–H and O–H groups in total. The average molecular weight is 344 g/mol. The first-order chi connectivity index (χ1) is 12.6. The van der Waals surface area contributed by atoms with Crippen LogP contribution >= 0.6 is 0 Å². The monoisotopic (exact) mass is 344 g/mol. The number of rotatable bonds is 4. The zero-order valence-corrected chi connectivity index (χ0v) is 14.7. The molecule has 26 heavy (non-hydrogen) atoms. The number of H-pyrrole nitrogens is 2. The van der Waals surface area contributed by atoms with E-state index in [2.05, 4.69) is 33.8 Å². The van der Waals surface area contributed by atoms with Gasteiger partial charge in [0.25, 0.3) is 5.56 Å². The van der Waals surface area contributed by atoms with E-state index in [1.165, 1.54) is 0 Å². The number of para-hydroxylation sites is 3. The maximum Gasteiger partial charge on any atom is 0.257 e. The third-order valence-corrected chi connectivity index (χ3v) is 4.48. The van der Waals surface area contributed by atoms with Gasteiger partial charge < -0.3 is 9.97 Å². The Morgan fingerprint density at radius 1 is 1.00 bits per heavy atom.